The molecule has 162 valence electrons. The van der Waals surface area contributed by atoms with E-state index < -0.39 is 10.9 Å². The topological polar surface area (TPSA) is 100 Å². The number of hydrogen-bond donors (Lipinski definition) is 0. The van der Waals surface area contributed by atoms with Gasteiger partial charge in [-0.2, -0.15) is 0 Å². The summed E-state index contributed by atoms with van der Waals surface area (Å²) in [5, 5.41) is 11.5. The molecule has 0 spiro atoms. The summed E-state index contributed by atoms with van der Waals surface area (Å²) in [5.74, 6) is 0.193. The fourth-order valence-electron chi connectivity index (χ4n) is 2.91. The van der Waals surface area contributed by atoms with Gasteiger partial charge >= 0.3 is 5.97 Å². The van der Waals surface area contributed by atoms with Crippen molar-refractivity contribution in [2.45, 2.75) is 26.7 Å². The third kappa shape index (κ3) is 5.03. The maximum Gasteiger partial charge on any atom is 0.363 e. The first-order valence-electron chi connectivity index (χ1n) is 9.62. The van der Waals surface area contributed by atoms with Crippen molar-refractivity contribution in [2.75, 3.05) is 13.7 Å². The summed E-state index contributed by atoms with van der Waals surface area (Å²) in [6, 6.07) is 7.83. The minimum atomic E-state index is -0.670. The van der Waals surface area contributed by atoms with Crippen LogP contribution in [0.2, 0.25) is 5.02 Å². The van der Waals surface area contributed by atoms with Crippen molar-refractivity contribution in [3.05, 3.63) is 67.9 Å². The van der Waals surface area contributed by atoms with Gasteiger partial charge < -0.3 is 14.2 Å². The zero-order chi connectivity index (χ0) is 22.5. The molecule has 31 heavy (non-hydrogen) atoms. The molecule has 9 heteroatoms. The quantitative estimate of drug-likeness (QED) is 0.185. The van der Waals surface area contributed by atoms with Gasteiger partial charge in [-0.1, -0.05) is 31.0 Å². The molecule has 1 heterocycles. The molecule has 0 aromatic heterocycles. The molecule has 1 aliphatic rings. The van der Waals surface area contributed by atoms with Gasteiger partial charge in [0.1, 0.15) is 0 Å². The number of hydrogen-bond acceptors (Lipinski definition) is 7. The predicted molar refractivity (Wildman–Crippen MR) is 117 cm³/mol. The molecule has 0 amide bonds. The second-order valence-electron chi connectivity index (χ2n) is 6.83. The molecule has 2 aromatic rings. The Bertz CT molecular complexity index is 1090. The first-order chi connectivity index (χ1) is 14.8. The van der Waals surface area contributed by atoms with Crippen LogP contribution in [0.15, 0.2) is 41.0 Å². The number of cyclic esters (lactones) is 1. The molecular formula is C22H21ClN2O6. The molecule has 1 aliphatic heterocycles. The smallest absolute Gasteiger partial charge is 0.363 e. The lowest BCUT2D eigenvalue weighted by atomic mass is 10.1. The van der Waals surface area contributed by atoms with Crippen molar-refractivity contribution < 1.29 is 23.9 Å². The zero-order valence-corrected chi connectivity index (χ0v) is 18.1. The van der Waals surface area contributed by atoms with Crippen molar-refractivity contribution in [2.24, 2.45) is 4.99 Å². The van der Waals surface area contributed by atoms with E-state index >= 15 is 0 Å². The fraction of sp³-hybridized carbons (Fsp3) is 0.273. The van der Waals surface area contributed by atoms with Crippen LogP contribution in [0, 0.1) is 17.0 Å². The number of aliphatic imine (C=N–C) groups is 1. The fourth-order valence-corrected chi connectivity index (χ4v) is 3.19. The Labute approximate surface area is 184 Å². The standard InChI is InChI=1S/C22H21ClN2O6/c1-4-5-8-30-20-16(23)9-14(11-19(20)29-3)10-17-22(26)31-21(24-17)15-7-6-13(2)18(12-15)25(27)28/h6-7,9-12H,4-5,8H2,1-3H3/b17-10-. The largest absolute Gasteiger partial charge is 0.493 e. The summed E-state index contributed by atoms with van der Waals surface area (Å²) in [5.41, 5.74) is 1.36. The maximum atomic E-state index is 12.3. The van der Waals surface area contributed by atoms with E-state index in [1.54, 1.807) is 31.2 Å². The number of methoxy groups -OCH3 is 1. The number of unbranched alkanes of at least 4 members (excludes halogenated alkanes) is 1. The summed E-state index contributed by atoms with van der Waals surface area (Å²) >= 11 is 6.35. The predicted octanol–water partition coefficient (Wildman–Crippen LogP) is 5.09. The summed E-state index contributed by atoms with van der Waals surface area (Å²) in [7, 11) is 1.50. The second-order valence-corrected chi connectivity index (χ2v) is 7.24. The van der Waals surface area contributed by atoms with Gasteiger partial charge in [-0.25, -0.2) is 9.79 Å². The number of rotatable bonds is 8. The van der Waals surface area contributed by atoms with Crippen molar-refractivity contribution in [1.29, 1.82) is 0 Å². The number of aryl methyl sites for hydroxylation is 1. The Morgan fingerprint density at radius 3 is 2.74 bits per heavy atom. The minimum absolute atomic E-state index is 0.00284. The van der Waals surface area contributed by atoms with Gasteiger partial charge in [0, 0.05) is 17.2 Å². The van der Waals surface area contributed by atoms with E-state index in [2.05, 4.69) is 11.9 Å². The monoisotopic (exact) mass is 444 g/mol. The van der Waals surface area contributed by atoms with E-state index in [-0.39, 0.29) is 17.3 Å². The summed E-state index contributed by atoms with van der Waals surface area (Å²) in [6.45, 7) is 4.19. The highest BCUT2D eigenvalue weighted by atomic mass is 35.5. The average Bonchev–Trinajstić information content (AvgIpc) is 3.09. The third-order valence-corrected chi connectivity index (χ3v) is 4.85. The first kappa shape index (κ1) is 22.3. The minimum Gasteiger partial charge on any atom is -0.493 e. The van der Waals surface area contributed by atoms with Crippen LogP contribution in [0.3, 0.4) is 0 Å². The highest BCUT2D eigenvalue weighted by Gasteiger charge is 2.26. The number of benzene rings is 2. The summed E-state index contributed by atoms with van der Waals surface area (Å²) in [4.78, 5) is 27.2. The van der Waals surface area contributed by atoms with Crippen LogP contribution >= 0.6 is 11.6 Å². The Morgan fingerprint density at radius 1 is 1.29 bits per heavy atom. The molecule has 0 bridgehead atoms. The SMILES string of the molecule is CCCCOc1c(Cl)cc(/C=C2\N=C(c3ccc(C)c([N+](=O)[O-])c3)OC2=O)cc1OC. The van der Waals surface area contributed by atoms with Gasteiger partial charge in [-0.05, 0) is 43.2 Å². The van der Waals surface area contributed by atoms with Gasteiger partial charge in [0.15, 0.2) is 17.2 Å². The number of esters is 1. The van der Waals surface area contributed by atoms with Crippen molar-refractivity contribution in [3.8, 4) is 11.5 Å². The second kappa shape index (κ2) is 9.61. The van der Waals surface area contributed by atoms with Gasteiger partial charge in [0.05, 0.1) is 23.7 Å². The summed E-state index contributed by atoms with van der Waals surface area (Å²) < 4.78 is 16.3. The average molecular weight is 445 g/mol. The Hall–Kier alpha value is -3.39. The molecule has 2 aromatic carbocycles. The number of carbonyl (C=O) groups is 1. The molecule has 0 atom stereocenters. The molecule has 0 radical (unpaired) electrons. The Kier molecular flexibility index (Phi) is 6.91. The van der Waals surface area contributed by atoms with Crippen molar-refractivity contribution in [3.63, 3.8) is 0 Å². The van der Waals surface area contributed by atoms with Crippen LogP contribution < -0.4 is 9.47 Å². The van der Waals surface area contributed by atoms with E-state index in [9.17, 15) is 14.9 Å². The molecule has 0 N–H and O–H groups in total. The lowest BCUT2D eigenvalue weighted by molar-refractivity contribution is -0.385. The first-order valence-corrected chi connectivity index (χ1v) is 10.00. The molecule has 0 unspecified atom stereocenters. The van der Waals surface area contributed by atoms with Gasteiger partial charge in [-0.3, -0.25) is 10.1 Å². The van der Waals surface area contributed by atoms with Crippen molar-refractivity contribution >= 4 is 35.2 Å². The number of halogens is 1. The molecule has 0 saturated heterocycles. The summed E-state index contributed by atoms with van der Waals surface area (Å²) in [6.07, 6.45) is 3.37. The molecule has 8 nitrogen and oxygen atoms in total. The van der Waals surface area contributed by atoms with Crippen LogP contribution in [0.4, 0.5) is 5.69 Å². The van der Waals surface area contributed by atoms with Crippen LogP contribution in [0.5, 0.6) is 11.5 Å². The van der Waals surface area contributed by atoms with E-state index in [0.29, 0.717) is 39.8 Å². The number of nitro benzene ring substituents is 1. The van der Waals surface area contributed by atoms with Crippen LogP contribution in [-0.4, -0.2) is 30.5 Å². The highest BCUT2D eigenvalue weighted by molar-refractivity contribution is 6.32. The lowest BCUT2D eigenvalue weighted by Gasteiger charge is -2.13. The van der Waals surface area contributed by atoms with Crippen molar-refractivity contribution in [1.82, 2.24) is 0 Å². The van der Waals surface area contributed by atoms with Gasteiger partial charge in [0.25, 0.3) is 5.69 Å². The molecule has 3 rings (SSSR count). The number of ether oxygens (including phenoxy) is 3. The Balaban J connectivity index is 1.92. The van der Waals surface area contributed by atoms with Crippen LogP contribution in [0.25, 0.3) is 6.08 Å². The van der Waals surface area contributed by atoms with Crippen LogP contribution in [0.1, 0.15) is 36.5 Å². The molecule has 0 saturated carbocycles. The highest BCUT2D eigenvalue weighted by Crippen LogP contribution is 2.37. The number of nitrogens with zero attached hydrogens (tertiary/aromatic N) is 2. The lowest BCUT2D eigenvalue weighted by Crippen LogP contribution is -2.06. The molecule has 0 fully saturated rings. The number of nitro groups is 1. The van der Waals surface area contributed by atoms with E-state index in [1.165, 1.54) is 19.3 Å². The van der Waals surface area contributed by atoms with Gasteiger partial charge in [-0.15, -0.1) is 0 Å². The third-order valence-electron chi connectivity index (χ3n) is 4.57. The zero-order valence-electron chi connectivity index (χ0n) is 17.3. The van der Waals surface area contributed by atoms with E-state index in [4.69, 9.17) is 25.8 Å². The van der Waals surface area contributed by atoms with E-state index in [1.807, 2.05) is 0 Å². The number of carbonyl (C=O) groups excluding carboxylic acids is 1. The normalized spacial score (nSPS) is 14.4. The molecule has 0 aliphatic carbocycles. The van der Waals surface area contributed by atoms with Crippen LogP contribution in [-0.2, 0) is 9.53 Å². The van der Waals surface area contributed by atoms with E-state index in [0.717, 1.165) is 12.8 Å². The Morgan fingerprint density at radius 2 is 2.06 bits per heavy atom. The maximum absolute atomic E-state index is 12.3. The molecular weight excluding hydrogens is 424 g/mol. The van der Waals surface area contributed by atoms with Gasteiger partial charge in [0.2, 0.25) is 5.90 Å².